The average Bonchev–Trinajstić information content (AvgIpc) is 2.69. The smallest absolute Gasteiger partial charge is 0.163 e. The summed E-state index contributed by atoms with van der Waals surface area (Å²) >= 11 is 6.42. The zero-order valence-corrected chi connectivity index (χ0v) is 15.8. The number of ether oxygens (including phenoxy) is 2. The average molecular weight is 386 g/mol. The van der Waals surface area contributed by atoms with Gasteiger partial charge in [-0.25, -0.2) is 4.39 Å². The normalized spacial score (nSPS) is 10.6. The summed E-state index contributed by atoms with van der Waals surface area (Å²) in [6.07, 6.45) is 0. The summed E-state index contributed by atoms with van der Waals surface area (Å²) in [5.74, 6) is 0.892. The van der Waals surface area contributed by atoms with Gasteiger partial charge in [0, 0.05) is 24.2 Å². The van der Waals surface area contributed by atoms with Crippen molar-refractivity contribution in [1.82, 2.24) is 5.32 Å². The third-order valence-corrected chi connectivity index (χ3v) is 4.48. The van der Waals surface area contributed by atoms with Crippen LogP contribution in [-0.4, -0.2) is 7.11 Å². The fourth-order valence-corrected chi connectivity index (χ4v) is 2.88. The lowest BCUT2D eigenvalue weighted by atomic mass is 10.1. The topological polar surface area (TPSA) is 30.5 Å². The third kappa shape index (κ3) is 5.46. The zero-order chi connectivity index (χ0) is 19.1. The van der Waals surface area contributed by atoms with Crippen LogP contribution in [0.25, 0.3) is 0 Å². The summed E-state index contributed by atoms with van der Waals surface area (Å²) < 4.78 is 24.2. The molecule has 0 amide bonds. The quantitative estimate of drug-likeness (QED) is 0.566. The molecule has 0 saturated carbocycles. The monoisotopic (exact) mass is 385 g/mol. The van der Waals surface area contributed by atoms with Gasteiger partial charge in [0.15, 0.2) is 11.5 Å². The van der Waals surface area contributed by atoms with Crippen molar-refractivity contribution in [2.24, 2.45) is 0 Å². The molecule has 0 radical (unpaired) electrons. The molecule has 0 aliphatic carbocycles. The SMILES string of the molecule is COc1cc(CNCc2ccccc2)c(Cl)cc1OCc1ccc(F)cc1. The molecule has 0 unspecified atom stereocenters. The number of nitrogens with one attached hydrogen (secondary N) is 1. The fourth-order valence-electron chi connectivity index (χ4n) is 2.66. The minimum absolute atomic E-state index is 0.272. The van der Waals surface area contributed by atoms with E-state index in [0.29, 0.717) is 29.7 Å². The van der Waals surface area contributed by atoms with E-state index in [4.69, 9.17) is 21.1 Å². The molecule has 0 aliphatic heterocycles. The number of rotatable bonds is 8. The molecule has 5 heteroatoms. The predicted octanol–water partition coefficient (Wildman–Crippen LogP) is 5.36. The molecule has 0 spiro atoms. The van der Waals surface area contributed by atoms with Crippen LogP contribution in [0.1, 0.15) is 16.7 Å². The summed E-state index contributed by atoms with van der Waals surface area (Å²) in [5.41, 5.74) is 3.00. The van der Waals surface area contributed by atoms with Crippen LogP contribution in [0.3, 0.4) is 0 Å². The minimum atomic E-state index is -0.272. The van der Waals surface area contributed by atoms with E-state index >= 15 is 0 Å². The van der Waals surface area contributed by atoms with Gasteiger partial charge in [0.25, 0.3) is 0 Å². The molecule has 140 valence electrons. The molecule has 0 saturated heterocycles. The van der Waals surface area contributed by atoms with Crippen LogP contribution in [0.15, 0.2) is 66.7 Å². The van der Waals surface area contributed by atoms with E-state index < -0.39 is 0 Å². The number of hydrogen-bond donors (Lipinski definition) is 1. The molecule has 1 N–H and O–H groups in total. The second kappa shape index (κ2) is 9.40. The van der Waals surface area contributed by atoms with E-state index in [2.05, 4.69) is 17.4 Å². The highest BCUT2D eigenvalue weighted by atomic mass is 35.5. The van der Waals surface area contributed by atoms with Gasteiger partial charge in [-0.2, -0.15) is 0 Å². The second-order valence-electron chi connectivity index (χ2n) is 6.10. The molecule has 0 bridgehead atoms. The van der Waals surface area contributed by atoms with Gasteiger partial charge >= 0.3 is 0 Å². The number of methoxy groups -OCH3 is 1. The first-order valence-corrected chi connectivity index (χ1v) is 9.02. The van der Waals surface area contributed by atoms with Crippen molar-refractivity contribution >= 4 is 11.6 Å². The van der Waals surface area contributed by atoms with Gasteiger partial charge in [-0.1, -0.05) is 54.1 Å². The molecule has 27 heavy (non-hydrogen) atoms. The Bertz CT molecular complexity index is 869. The Balaban J connectivity index is 1.64. The lowest BCUT2D eigenvalue weighted by molar-refractivity contribution is 0.284. The van der Waals surface area contributed by atoms with Crippen LogP contribution in [-0.2, 0) is 19.7 Å². The van der Waals surface area contributed by atoms with Crippen molar-refractivity contribution in [2.45, 2.75) is 19.7 Å². The van der Waals surface area contributed by atoms with Crippen molar-refractivity contribution in [3.05, 3.63) is 94.3 Å². The molecule has 0 aromatic heterocycles. The first-order valence-electron chi connectivity index (χ1n) is 8.64. The largest absolute Gasteiger partial charge is 0.493 e. The van der Waals surface area contributed by atoms with Crippen LogP contribution in [0, 0.1) is 5.82 Å². The Morgan fingerprint density at radius 3 is 2.33 bits per heavy atom. The third-order valence-electron chi connectivity index (χ3n) is 4.13. The molecular formula is C22H21ClFNO2. The van der Waals surface area contributed by atoms with Crippen molar-refractivity contribution in [3.63, 3.8) is 0 Å². The van der Waals surface area contributed by atoms with E-state index in [1.807, 2.05) is 24.3 Å². The highest BCUT2D eigenvalue weighted by molar-refractivity contribution is 6.31. The van der Waals surface area contributed by atoms with Crippen LogP contribution >= 0.6 is 11.6 Å². The Morgan fingerprint density at radius 2 is 1.63 bits per heavy atom. The Hall–Kier alpha value is -2.56. The maximum absolute atomic E-state index is 13.0. The van der Waals surface area contributed by atoms with Crippen molar-refractivity contribution in [1.29, 1.82) is 0 Å². The Kier molecular flexibility index (Phi) is 6.69. The molecule has 0 aliphatic rings. The minimum Gasteiger partial charge on any atom is -0.493 e. The fraction of sp³-hybridized carbons (Fsp3) is 0.182. The molecule has 3 rings (SSSR count). The molecule has 3 nitrogen and oxygen atoms in total. The van der Waals surface area contributed by atoms with E-state index in [0.717, 1.165) is 17.7 Å². The highest BCUT2D eigenvalue weighted by Gasteiger charge is 2.11. The molecule has 0 atom stereocenters. The summed E-state index contributed by atoms with van der Waals surface area (Å²) in [6, 6.07) is 20.0. The van der Waals surface area contributed by atoms with Crippen LogP contribution in [0.2, 0.25) is 5.02 Å². The van der Waals surface area contributed by atoms with Crippen LogP contribution in [0.4, 0.5) is 4.39 Å². The highest BCUT2D eigenvalue weighted by Crippen LogP contribution is 2.34. The van der Waals surface area contributed by atoms with Gasteiger partial charge in [-0.05, 0) is 34.9 Å². The Labute approximate surface area is 163 Å². The number of halogens is 2. The van der Waals surface area contributed by atoms with Gasteiger partial charge in [0.2, 0.25) is 0 Å². The van der Waals surface area contributed by atoms with Gasteiger partial charge in [0.1, 0.15) is 12.4 Å². The molecular weight excluding hydrogens is 365 g/mol. The number of hydrogen-bond acceptors (Lipinski definition) is 3. The summed E-state index contributed by atoms with van der Waals surface area (Å²) in [5, 5.41) is 3.98. The van der Waals surface area contributed by atoms with Gasteiger partial charge in [-0.15, -0.1) is 0 Å². The molecule has 0 heterocycles. The van der Waals surface area contributed by atoms with E-state index in [1.54, 1.807) is 25.3 Å². The lowest BCUT2D eigenvalue weighted by Crippen LogP contribution is -2.13. The van der Waals surface area contributed by atoms with Crippen LogP contribution in [0.5, 0.6) is 11.5 Å². The van der Waals surface area contributed by atoms with Crippen molar-refractivity contribution in [3.8, 4) is 11.5 Å². The Morgan fingerprint density at radius 1 is 0.889 bits per heavy atom. The first-order chi connectivity index (χ1) is 13.2. The van der Waals surface area contributed by atoms with Gasteiger partial charge < -0.3 is 14.8 Å². The van der Waals surface area contributed by atoms with Gasteiger partial charge in [-0.3, -0.25) is 0 Å². The van der Waals surface area contributed by atoms with Crippen molar-refractivity contribution < 1.29 is 13.9 Å². The predicted molar refractivity (Wildman–Crippen MR) is 106 cm³/mol. The summed E-state index contributed by atoms with van der Waals surface area (Å²) in [7, 11) is 1.59. The molecule has 3 aromatic rings. The van der Waals surface area contributed by atoms with E-state index in [9.17, 15) is 4.39 Å². The first kappa shape index (κ1) is 19.2. The standard InChI is InChI=1S/C22H21ClFNO2/c1-26-21-11-18(14-25-13-16-5-3-2-4-6-16)20(23)12-22(21)27-15-17-7-9-19(24)10-8-17/h2-12,25H,13-15H2,1H3. The van der Waals surface area contributed by atoms with Crippen LogP contribution < -0.4 is 14.8 Å². The molecule has 0 fully saturated rings. The zero-order valence-electron chi connectivity index (χ0n) is 15.0. The summed E-state index contributed by atoms with van der Waals surface area (Å²) in [6.45, 7) is 1.67. The lowest BCUT2D eigenvalue weighted by Gasteiger charge is -2.14. The van der Waals surface area contributed by atoms with E-state index in [-0.39, 0.29) is 5.82 Å². The molecule has 3 aromatic carbocycles. The second-order valence-corrected chi connectivity index (χ2v) is 6.51. The maximum atomic E-state index is 13.0. The van der Waals surface area contributed by atoms with Gasteiger partial charge in [0.05, 0.1) is 7.11 Å². The maximum Gasteiger partial charge on any atom is 0.163 e. The van der Waals surface area contributed by atoms with Crippen molar-refractivity contribution in [2.75, 3.05) is 7.11 Å². The number of benzene rings is 3. The summed E-state index contributed by atoms with van der Waals surface area (Å²) in [4.78, 5) is 0. The van der Waals surface area contributed by atoms with E-state index in [1.165, 1.54) is 17.7 Å².